The second-order valence-corrected chi connectivity index (χ2v) is 3.73. The summed E-state index contributed by atoms with van der Waals surface area (Å²) in [5.74, 6) is -2.49. The maximum absolute atomic E-state index is 11.0. The van der Waals surface area contributed by atoms with Crippen molar-refractivity contribution in [3.8, 4) is 11.5 Å². The van der Waals surface area contributed by atoms with Crippen LogP contribution in [-0.4, -0.2) is 21.3 Å². The number of hydrogen-bond donors (Lipinski definition) is 3. The van der Waals surface area contributed by atoms with Crippen molar-refractivity contribution in [2.75, 3.05) is 0 Å². The van der Waals surface area contributed by atoms with Gasteiger partial charge in [0.25, 0.3) is 0 Å². The topological polar surface area (TPSA) is 77.8 Å². The Morgan fingerprint density at radius 3 is 2.00 bits per heavy atom. The van der Waals surface area contributed by atoms with Crippen LogP contribution in [0.5, 0.6) is 11.5 Å². The van der Waals surface area contributed by atoms with Gasteiger partial charge < -0.3 is 15.3 Å². The van der Waals surface area contributed by atoms with Crippen molar-refractivity contribution in [2.45, 2.75) is 26.7 Å². The van der Waals surface area contributed by atoms with Gasteiger partial charge in [0.15, 0.2) is 11.5 Å². The van der Waals surface area contributed by atoms with E-state index in [0.29, 0.717) is 24.0 Å². The number of phenols is 2. The Bertz CT molecular complexity index is 440. The zero-order chi connectivity index (χ0) is 12.5. The molecule has 4 nitrogen and oxygen atoms in total. The van der Waals surface area contributed by atoms with Gasteiger partial charge >= 0.3 is 5.97 Å². The lowest BCUT2D eigenvalue weighted by Crippen LogP contribution is -2.06. The molecule has 0 radical (unpaired) electrons. The van der Waals surface area contributed by atoms with Crippen LogP contribution in [0.3, 0.4) is 0 Å². The smallest absolute Gasteiger partial charge is 0.339 e. The summed E-state index contributed by atoms with van der Waals surface area (Å²) in [4.78, 5) is 11.0. The lowest BCUT2D eigenvalue weighted by atomic mass is 9.95. The summed E-state index contributed by atoms with van der Waals surface area (Å²) in [6.45, 7) is 3.58. The van der Waals surface area contributed by atoms with Crippen LogP contribution in [0.2, 0.25) is 5.02 Å². The first kappa shape index (κ1) is 12.6. The number of aromatic carboxylic acids is 1. The molecule has 0 spiro atoms. The molecule has 1 rings (SSSR count). The Morgan fingerprint density at radius 1 is 1.12 bits per heavy atom. The molecule has 0 aliphatic rings. The average Bonchev–Trinajstić information content (AvgIpc) is 2.24. The van der Waals surface area contributed by atoms with Gasteiger partial charge in [0, 0.05) is 0 Å². The van der Waals surface area contributed by atoms with E-state index in [-0.39, 0.29) is 10.6 Å². The molecule has 0 bridgehead atoms. The monoisotopic (exact) mass is 244 g/mol. The van der Waals surface area contributed by atoms with Crippen molar-refractivity contribution < 1.29 is 20.1 Å². The maximum atomic E-state index is 11.0. The molecule has 1 aromatic rings. The lowest BCUT2D eigenvalue weighted by molar-refractivity contribution is 0.0691. The normalized spacial score (nSPS) is 10.4. The summed E-state index contributed by atoms with van der Waals surface area (Å²) in [5.41, 5.74) is 0.772. The van der Waals surface area contributed by atoms with Gasteiger partial charge in [-0.3, -0.25) is 0 Å². The molecule has 0 aromatic heterocycles. The van der Waals surface area contributed by atoms with E-state index in [1.165, 1.54) is 0 Å². The molecule has 0 unspecified atom stereocenters. The molecule has 0 amide bonds. The third kappa shape index (κ3) is 1.80. The molecule has 0 saturated carbocycles. The molecule has 0 saturated heterocycles. The van der Waals surface area contributed by atoms with Crippen LogP contribution in [-0.2, 0) is 12.8 Å². The van der Waals surface area contributed by atoms with Crippen LogP contribution >= 0.6 is 11.6 Å². The molecule has 0 atom stereocenters. The second kappa shape index (κ2) is 4.61. The van der Waals surface area contributed by atoms with Gasteiger partial charge in [0.05, 0.1) is 5.02 Å². The molecule has 0 aliphatic carbocycles. The minimum Gasteiger partial charge on any atom is -0.504 e. The number of phenolic OH excluding ortho intramolecular Hbond substituents is 1. The van der Waals surface area contributed by atoms with Crippen molar-refractivity contribution in [1.82, 2.24) is 0 Å². The maximum Gasteiger partial charge on any atom is 0.339 e. The Kier molecular flexibility index (Phi) is 3.65. The van der Waals surface area contributed by atoms with E-state index < -0.39 is 17.5 Å². The number of carbonyl (C=O) groups is 1. The molecule has 0 heterocycles. The predicted molar refractivity (Wildman–Crippen MR) is 60.5 cm³/mol. The van der Waals surface area contributed by atoms with Crippen molar-refractivity contribution in [1.29, 1.82) is 0 Å². The second-order valence-electron chi connectivity index (χ2n) is 3.36. The Morgan fingerprint density at radius 2 is 1.62 bits per heavy atom. The first-order chi connectivity index (χ1) is 7.45. The summed E-state index contributed by atoms with van der Waals surface area (Å²) < 4.78 is 0. The fraction of sp³-hybridized carbons (Fsp3) is 0.364. The number of benzene rings is 1. The van der Waals surface area contributed by atoms with Gasteiger partial charge in [-0.15, -0.1) is 0 Å². The van der Waals surface area contributed by atoms with Gasteiger partial charge in [-0.05, 0) is 24.0 Å². The van der Waals surface area contributed by atoms with Crippen molar-refractivity contribution in [2.24, 2.45) is 0 Å². The van der Waals surface area contributed by atoms with Gasteiger partial charge in [0.1, 0.15) is 5.56 Å². The van der Waals surface area contributed by atoms with Crippen molar-refractivity contribution in [3.63, 3.8) is 0 Å². The fourth-order valence-electron chi connectivity index (χ4n) is 1.78. The number of rotatable bonds is 3. The first-order valence-electron chi connectivity index (χ1n) is 4.94. The summed E-state index contributed by atoms with van der Waals surface area (Å²) in [6, 6.07) is 0. The quantitative estimate of drug-likeness (QED) is 0.714. The summed E-state index contributed by atoms with van der Waals surface area (Å²) >= 11 is 5.86. The molecule has 3 N–H and O–H groups in total. The van der Waals surface area contributed by atoms with Crippen LogP contribution < -0.4 is 0 Å². The minimum absolute atomic E-state index is 0.0295. The Hall–Kier alpha value is -1.42. The largest absolute Gasteiger partial charge is 0.504 e. The van der Waals surface area contributed by atoms with E-state index in [2.05, 4.69) is 0 Å². The van der Waals surface area contributed by atoms with E-state index >= 15 is 0 Å². The Balaban J connectivity index is 3.72. The third-order valence-corrected chi connectivity index (χ3v) is 2.93. The van der Waals surface area contributed by atoms with E-state index in [1.54, 1.807) is 6.92 Å². The van der Waals surface area contributed by atoms with Crippen LogP contribution in [0.4, 0.5) is 0 Å². The molecule has 16 heavy (non-hydrogen) atoms. The van der Waals surface area contributed by atoms with E-state index in [4.69, 9.17) is 16.7 Å². The molecule has 5 heteroatoms. The predicted octanol–water partition coefficient (Wildman–Crippen LogP) is 2.57. The summed E-state index contributed by atoms with van der Waals surface area (Å²) in [6.07, 6.45) is 0.925. The third-order valence-electron chi connectivity index (χ3n) is 2.52. The van der Waals surface area contributed by atoms with Gasteiger partial charge in [-0.25, -0.2) is 4.79 Å². The summed E-state index contributed by atoms with van der Waals surface area (Å²) in [7, 11) is 0. The van der Waals surface area contributed by atoms with Gasteiger partial charge in [-0.1, -0.05) is 25.4 Å². The zero-order valence-corrected chi connectivity index (χ0v) is 9.80. The highest BCUT2D eigenvalue weighted by Gasteiger charge is 2.24. The number of carboxylic acid groups (broad SMARTS) is 1. The van der Waals surface area contributed by atoms with Crippen molar-refractivity contribution >= 4 is 17.6 Å². The highest BCUT2D eigenvalue weighted by atomic mass is 35.5. The highest BCUT2D eigenvalue weighted by molar-refractivity contribution is 6.33. The van der Waals surface area contributed by atoms with Crippen LogP contribution in [0.15, 0.2) is 0 Å². The van der Waals surface area contributed by atoms with Crippen molar-refractivity contribution in [3.05, 3.63) is 21.7 Å². The zero-order valence-electron chi connectivity index (χ0n) is 9.04. The minimum atomic E-state index is -1.27. The van der Waals surface area contributed by atoms with E-state index in [1.807, 2.05) is 6.92 Å². The SMILES string of the molecule is CCc1c(Cl)c(O)c(O)c(C(=O)O)c1CC. The van der Waals surface area contributed by atoms with Crippen LogP contribution in [0.1, 0.15) is 35.3 Å². The van der Waals surface area contributed by atoms with Crippen LogP contribution in [0.25, 0.3) is 0 Å². The van der Waals surface area contributed by atoms with E-state index in [9.17, 15) is 15.0 Å². The van der Waals surface area contributed by atoms with Crippen LogP contribution in [0, 0.1) is 0 Å². The molecule has 0 aliphatic heterocycles. The Labute approximate surface area is 98.1 Å². The van der Waals surface area contributed by atoms with Gasteiger partial charge in [-0.2, -0.15) is 0 Å². The first-order valence-corrected chi connectivity index (χ1v) is 5.31. The number of aromatic hydroxyl groups is 2. The molecule has 1 aromatic carbocycles. The molecule has 88 valence electrons. The standard InChI is InChI=1S/C11H13ClO4/c1-3-5-6(4-2)8(12)10(14)9(13)7(5)11(15)16/h13-14H,3-4H2,1-2H3,(H,15,16). The van der Waals surface area contributed by atoms with Gasteiger partial charge in [0.2, 0.25) is 0 Å². The lowest BCUT2D eigenvalue weighted by Gasteiger charge is -2.15. The average molecular weight is 245 g/mol. The fourth-order valence-corrected chi connectivity index (χ4v) is 2.12. The van der Waals surface area contributed by atoms with E-state index in [0.717, 1.165) is 0 Å². The molecular formula is C11H13ClO4. The highest BCUT2D eigenvalue weighted by Crippen LogP contribution is 2.42. The molecule has 0 fully saturated rings. The molecular weight excluding hydrogens is 232 g/mol. The number of carboxylic acids is 1. The number of halogens is 1. The number of hydrogen-bond acceptors (Lipinski definition) is 3. The summed E-state index contributed by atoms with van der Waals surface area (Å²) in [5, 5.41) is 28.1.